The largest absolute Gasteiger partial charge is 0.384 e. The monoisotopic (exact) mass is 270 g/mol. The Bertz CT molecular complexity index is 557. The van der Waals surface area contributed by atoms with Crippen LogP contribution in [0.4, 0.5) is 5.69 Å². The average molecular weight is 270 g/mol. The third kappa shape index (κ3) is 3.78. The van der Waals surface area contributed by atoms with Gasteiger partial charge < -0.3 is 10.6 Å². The number of anilines is 1. The Balaban J connectivity index is 2.01. The minimum atomic E-state index is -0.131. The Morgan fingerprint density at radius 3 is 2.65 bits per heavy atom. The molecule has 0 bridgehead atoms. The van der Waals surface area contributed by atoms with Crippen molar-refractivity contribution in [1.29, 1.82) is 0 Å². The summed E-state index contributed by atoms with van der Waals surface area (Å²) in [7, 11) is 0. The lowest BCUT2D eigenvalue weighted by molar-refractivity contribution is 0.0951. The van der Waals surface area contributed by atoms with Crippen LogP contribution in [0.5, 0.6) is 0 Å². The van der Waals surface area contributed by atoms with Crippen LogP contribution >= 0.6 is 0 Å². The number of hydrogen-bond acceptors (Lipinski definition) is 4. The highest BCUT2D eigenvalue weighted by molar-refractivity contribution is 5.99. The molecule has 0 aromatic carbocycles. The third-order valence-electron chi connectivity index (χ3n) is 2.83. The minimum Gasteiger partial charge on any atom is -0.384 e. The van der Waals surface area contributed by atoms with Crippen LogP contribution in [-0.2, 0) is 6.54 Å². The van der Waals surface area contributed by atoms with Crippen LogP contribution in [0, 0.1) is 0 Å². The van der Waals surface area contributed by atoms with E-state index in [4.69, 9.17) is 0 Å². The zero-order valence-corrected chi connectivity index (χ0v) is 11.5. The molecule has 2 N–H and O–H groups in total. The first kappa shape index (κ1) is 14.0. The van der Waals surface area contributed by atoms with Crippen molar-refractivity contribution in [2.45, 2.75) is 19.9 Å². The van der Waals surface area contributed by atoms with E-state index in [9.17, 15) is 4.79 Å². The summed E-state index contributed by atoms with van der Waals surface area (Å²) in [6.07, 6.45) is 7.68. The van der Waals surface area contributed by atoms with Crippen molar-refractivity contribution in [3.05, 3.63) is 54.1 Å². The molecule has 0 atom stereocenters. The van der Waals surface area contributed by atoms with E-state index in [0.717, 1.165) is 24.2 Å². The zero-order chi connectivity index (χ0) is 14.2. The SMILES string of the molecule is CCCNc1ccncc1C(=O)NCc1ccncc1. The Hall–Kier alpha value is -2.43. The first-order valence-corrected chi connectivity index (χ1v) is 6.66. The number of aromatic nitrogens is 2. The van der Waals surface area contributed by atoms with E-state index >= 15 is 0 Å². The average Bonchev–Trinajstić information content (AvgIpc) is 2.52. The van der Waals surface area contributed by atoms with Gasteiger partial charge in [0, 0.05) is 37.9 Å². The molecule has 0 saturated heterocycles. The predicted octanol–water partition coefficient (Wildman–Crippen LogP) is 2.23. The lowest BCUT2D eigenvalue weighted by Gasteiger charge is -2.11. The van der Waals surface area contributed by atoms with Gasteiger partial charge in [-0.15, -0.1) is 0 Å². The summed E-state index contributed by atoms with van der Waals surface area (Å²) in [5.41, 5.74) is 2.39. The summed E-state index contributed by atoms with van der Waals surface area (Å²) >= 11 is 0. The molecule has 2 aromatic rings. The van der Waals surface area contributed by atoms with E-state index in [2.05, 4.69) is 27.5 Å². The maximum Gasteiger partial charge on any atom is 0.255 e. The second-order valence-electron chi connectivity index (χ2n) is 4.39. The molecule has 0 saturated carbocycles. The van der Waals surface area contributed by atoms with Gasteiger partial charge in [0.05, 0.1) is 11.3 Å². The van der Waals surface area contributed by atoms with E-state index < -0.39 is 0 Å². The van der Waals surface area contributed by atoms with Gasteiger partial charge >= 0.3 is 0 Å². The number of carbonyl (C=O) groups is 1. The topological polar surface area (TPSA) is 66.9 Å². The Morgan fingerprint density at radius 1 is 1.15 bits per heavy atom. The molecule has 2 aromatic heterocycles. The van der Waals surface area contributed by atoms with Gasteiger partial charge in [0.25, 0.3) is 5.91 Å². The van der Waals surface area contributed by atoms with Crippen LogP contribution in [-0.4, -0.2) is 22.4 Å². The predicted molar refractivity (Wildman–Crippen MR) is 78.4 cm³/mol. The van der Waals surface area contributed by atoms with Crippen LogP contribution in [0.2, 0.25) is 0 Å². The van der Waals surface area contributed by atoms with Gasteiger partial charge in [-0.1, -0.05) is 6.92 Å². The number of rotatable bonds is 6. The van der Waals surface area contributed by atoms with Crippen molar-refractivity contribution in [1.82, 2.24) is 15.3 Å². The maximum atomic E-state index is 12.2. The van der Waals surface area contributed by atoms with Crippen molar-refractivity contribution in [3.63, 3.8) is 0 Å². The summed E-state index contributed by atoms with van der Waals surface area (Å²) in [6, 6.07) is 5.57. The normalized spacial score (nSPS) is 10.1. The smallest absolute Gasteiger partial charge is 0.255 e. The Morgan fingerprint density at radius 2 is 1.90 bits per heavy atom. The van der Waals surface area contributed by atoms with Crippen LogP contribution in [0.1, 0.15) is 29.3 Å². The standard InChI is InChI=1S/C15H18N4O/c1-2-6-18-14-5-9-17-11-13(14)15(20)19-10-12-3-7-16-8-4-12/h3-5,7-9,11H,2,6,10H2,1H3,(H,17,18)(H,19,20). The van der Waals surface area contributed by atoms with Crippen molar-refractivity contribution < 1.29 is 4.79 Å². The molecule has 0 radical (unpaired) electrons. The highest BCUT2D eigenvalue weighted by Gasteiger charge is 2.10. The van der Waals surface area contributed by atoms with Gasteiger partial charge in [-0.05, 0) is 30.2 Å². The molecule has 20 heavy (non-hydrogen) atoms. The first-order chi connectivity index (χ1) is 9.81. The van der Waals surface area contributed by atoms with Gasteiger partial charge in [0.15, 0.2) is 0 Å². The summed E-state index contributed by atoms with van der Waals surface area (Å²) in [6.45, 7) is 3.38. The molecule has 0 aliphatic carbocycles. The molecule has 0 unspecified atom stereocenters. The van der Waals surface area contributed by atoms with Crippen molar-refractivity contribution >= 4 is 11.6 Å². The molecule has 0 aliphatic heterocycles. The molecule has 1 amide bonds. The second kappa shape index (κ2) is 7.23. The van der Waals surface area contributed by atoms with Gasteiger partial charge in [-0.25, -0.2) is 0 Å². The van der Waals surface area contributed by atoms with Crippen LogP contribution in [0.3, 0.4) is 0 Å². The second-order valence-corrected chi connectivity index (χ2v) is 4.39. The highest BCUT2D eigenvalue weighted by atomic mass is 16.1. The van der Waals surface area contributed by atoms with Gasteiger partial charge in [0.2, 0.25) is 0 Å². The van der Waals surface area contributed by atoms with Crippen LogP contribution in [0.15, 0.2) is 43.0 Å². The summed E-state index contributed by atoms with van der Waals surface area (Å²) < 4.78 is 0. The molecule has 5 nitrogen and oxygen atoms in total. The molecule has 0 spiro atoms. The van der Waals surface area contributed by atoms with Gasteiger partial charge in [0.1, 0.15) is 0 Å². The lowest BCUT2D eigenvalue weighted by Crippen LogP contribution is -2.24. The zero-order valence-electron chi connectivity index (χ0n) is 11.5. The fourth-order valence-corrected chi connectivity index (χ4v) is 1.77. The fourth-order valence-electron chi connectivity index (χ4n) is 1.77. The van der Waals surface area contributed by atoms with E-state index in [1.807, 2.05) is 18.2 Å². The van der Waals surface area contributed by atoms with Gasteiger partial charge in [-0.3, -0.25) is 14.8 Å². The summed E-state index contributed by atoms with van der Waals surface area (Å²) in [4.78, 5) is 20.2. The van der Waals surface area contributed by atoms with Crippen molar-refractivity contribution in [2.75, 3.05) is 11.9 Å². The Labute approximate surface area is 118 Å². The van der Waals surface area contributed by atoms with E-state index in [-0.39, 0.29) is 5.91 Å². The summed E-state index contributed by atoms with van der Waals surface area (Å²) in [5, 5.41) is 6.12. The number of carbonyl (C=O) groups excluding carboxylic acids is 1. The van der Waals surface area contributed by atoms with Crippen molar-refractivity contribution in [2.24, 2.45) is 0 Å². The highest BCUT2D eigenvalue weighted by Crippen LogP contribution is 2.13. The number of pyridine rings is 2. The summed E-state index contributed by atoms with van der Waals surface area (Å²) in [5.74, 6) is -0.131. The minimum absolute atomic E-state index is 0.131. The first-order valence-electron chi connectivity index (χ1n) is 6.66. The number of nitrogens with zero attached hydrogens (tertiary/aromatic N) is 2. The quantitative estimate of drug-likeness (QED) is 0.844. The number of amides is 1. The molecule has 0 aliphatic rings. The number of hydrogen-bond donors (Lipinski definition) is 2. The lowest BCUT2D eigenvalue weighted by atomic mass is 10.2. The third-order valence-corrected chi connectivity index (χ3v) is 2.83. The molecule has 2 rings (SSSR count). The number of nitrogens with one attached hydrogen (secondary N) is 2. The van der Waals surface area contributed by atoms with Crippen molar-refractivity contribution in [3.8, 4) is 0 Å². The molecule has 0 fully saturated rings. The molecule has 5 heteroatoms. The molecule has 2 heterocycles. The molecular weight excluding hydrogens is 252 g/mol. The van der Waals surface area contributed by atoms with Crippen LogP contribution in [0.25, 0.3) is 0 Å². The van der Waals surface area contributed by atoms with Crippen LogP contribution < -0.4 is 10.6 Å². The van der Waals surface area contributed by atoms with E-state index in [1.54, 1.807) is 24.8 Å². The van der Waals surface area contributed by atoms with E-state index in [1.165, 1.54) is 0 Å². The van der Waals surface area contributed by atoms with Gasteiger partial charge in [-0.2, -0.15) is 0 Å². The fraction of sp³-hybridized carbons (Fsp3) is 0.267. The van der Waals surface area contributed by atoms with E-state index in [0.29, 0.717) is 12.1 Å². The molecular formula is C15H18N4O. The Kier molecular flexibility index (Phi) is 5.06. The molecule has 104 valence electrons. The maximum absolute atomic E-state index is 12.2.